The maximum Gasteiger partial charge on any atom is 0.333 e. The summed E-state index contributed by atoms with van der Waals surface area (Å²) in [5.74, 6) is -0.194. The highest BCUT2D eigenvalue weighted by Crippen LogP contribution is 2.44. The summed E-state index contributed by atoms with van der Waals surface area (Å²) in [7, 11) is 0. The first kappa shape index (κ1) is 20.9. The van der Waals surface area contributed by atoms with Gasteiger partial charge in [0, 0.05) is 13.0 Å². The fourth-order valence-corrected chi connectivity index (χ4v) is 4.01. The molecule has 0 saturated carbocycles. The van der Waals surface area contributed by atoms with E-state index in [1.54, 1.807) is 6.92 Å². The SMILES string of the molecule is CCOC(Cc1ccc(OC/C=C2\c3ccccc3-c3ccc(C)cc32)cc1)C(=O)O. The van der Waals surface area contributed by atoms with Gasteiger partial charge in [0.25, 0.3) is 0 Å². The second kappa shape index (κ2) is 9.19. The molecule has 0 heterocycles. The maximum absolute atomic E-state index is 11.3. The number of carboxylic acid groups (broad SMARTS) is 1. The number of aryl methyl sites for hydroxylation is 1. The van der Waals surface area contributed by atoms with Crippen LogP contribution in [0.15, 0.2) is 72.8 Å². The van der Waals surface area contributed by atoms with Crippen LogP contribution in [-0.4, -0.2) is 30.4 Å². The monoisotopic (exact) mass is 414 g/mol. The second-order valence-electron chi connectivity index (χ2n) is 7.65. The third kappa shape index (κ3) is 4.54. The minimum absolute atomic E-state index is 0.334. The lowest BCUT2D eigenvalue weighted by Gasteiger charge is -2.12. The molecule has 4 nitrogen and oxygen atoms in total. The molecule has 0 aliphatic heterocycles. The van der Waals surface area contributed by atoms with Crippen LogP contribution in [0.25, 0.3) is 16.7 Å². The molecule has 0 spiro atoms. The molecule has 3 aromatic carbocycles. The summed E-state index contributed by atoms with van der Waals surface area (Å²) in [6.07, 6.45) is 1.64. The van der Waals surface area contributed by atoms with E-state index in [4.69, 9.17) is 9.47 Å². The Balaban J connectivity index is 1.47. The van der Waals surface area contributed by atoms with Gasteiger partial charge in [0.05, 0.1) is 0 Å². The molecule has 3 aromatic rings. The largest absolute Gasteiger partial charge is 0.490 e. The Morgan fingerprint density at radius 2 is 1.68 bits per heavy atom. The number of aliphatic carboxylic acids is 1. The van der Waals surface area contributed by atoms with Gasteiger partial charge in [0.15, 0.2) is 6.10 Å². The van der Waals surface area contributed by atoms with Crippen molar-refractivity contribution in [2.24, 2.45) is 0 Å². The second-order valence-corrected chi connectivity index (χ2v) is 7.65. The summed E-state index contributed by atoms with van der Waals surface area (Å²) < 4.78 is 11.2. The van der Waals surface area contributed by atoms with E-state index >= 15 is 0 Å². The molecule has 4 heteroatoms. The van der Waals surface area contributed by atoms with Crippen molar-refractivity contribution in [2.45, 2.75) is 26.4 Å². The Labute approximate surface area is 182 Å². The fourth-order valence-electron chi connectivity index (χ4n) is 4.01. The third-order valence-corrected chi connectivity index (χ3v) is 5.50. The minimum Gasteiger partial charge on any atom is -0.490 e. The molecule has 1 aliphatic carbocycles. The van der Waals surface area contributed by atoms with E-state index in [1.165, 1.54) is 33.4 Å². The van der Waals surface area contributed by atoms with Gasteiger partial charge >= 0.3 is 5.97 Å². The summed E-state index contributed by atoms with van der Waals surface area (Å²) in [6.45, 7) is 4.73. The van der Waals surface area contributed by atoms with E-state index in [2.05, 4.69) is 55.5 Å². The highest BCUT2D eigenvalue weighted by molar-refractivity contribution is 6.01. The maximum atomic E-state index is 11.3. The van der Waals surface area contributed by atoms with Gasteiger partial charge in [-0.1, -0.05) is 60.2 Å². The highest BCUT2D eigenvalue weighted by atomic mass is 16.5. The highest BCUT2D eigenvalue weighted by Gasteiger charge is 2.22. The van der Waals surface area contributed by atoms with Crippen LogP contribution in [0.5, 0.6) is 5.75 Å². The van der Waals surface area contributed by atoms with Crippen LogP contribution < -0.4 is 4.74 Å². The van der Waals surface area contributed by atoms with Gasteiger partial charge in [-0.25, -0.2) is 4.79 Å². The number of benzene rings is 3. The van der Waals surface area contributed by atoms with Crippen molar-refractivity contribution in [1.82, 2.24) is 0 Å². The predicted molar refractivity (Wildman–Crippen MR) is 122 cm³/mol. The molecular weight excluding hydrogens is 388 g/mol. The molecule has 1 unspecified atom stereocenters. The van der Waals surface area contributed by atoms with Gasteiger partial charge in [0.1, 0.15) is 12.4 Å². The van der Waals surface area contributed by atoms with Crippen LogP contribution >= 0.6 is 0 Å². The molecule has 0 radical (unpaired) electrons. The Hall–Kier alpha value is -3.37. The van der Waals surface area contributed by atoms with Gasteiger partial charge < -0.3 is 14.6 Å². The van der Waals surface area contributed by atoms with Crippen molar-refractivity contribution in [3.8, 4) is 16.9 Å². The Kier molecular flexibility index (Phi) is 6.19. The number of hydrogen-bond acceptors (Lipinski definition) is 3. The van der Waals surface area contributed by atoms with E-state index in [9.17, 15) is 9.90 Å². The van der Waals surface area contributed by atoms with Crippen LogP contribution in [0.1, 0.15) is 29.2 Å². The van der Waals surface area contributed by atoms with Crippen LogP contribution in [0.3, 0.4) is 0 Å². The number of carboxylic acids is 1. The molecule has 1 atom stereocenters. The van der Waals surface area contributed by atoms with E-state index in [-0.39, 0.29) is 0 Å². The average molecular weight is 415 g/mol. The molecule has 0 saturated heterocycles. The van der Waals surface area contributed by atoms with E-state index in [0.29, 0.717) is 19.6 Å². The lowest BCUT2D eigenvalue weighted by atomic mass is 10.0. The van der Waals surface area contributed by atoms with Gasteiger partial charge in [-0.05, 0) is 65.4 Å². The number of ether oxygens (including phenoxy) is 2. The van der Waals surface area contributed by atoms with E-state index in [1.807, 2.05) is 24.3 Å². The zero-order chi connectivity index (χ0) is 21.8. The summed E-state index contributed by atoms with van der Waals surface area (Å²) in [6, 6.07) is 22.6. The van der Waals surface area contributed by atoms with Gasteiger partial charge in [-0.2, -0.15) is 0 Å². The molecule has 1 N–H and O–H groups in total. The van der Waals surface area contributed by atoms with Crippen LogP contribution in [0.2, 0.25) is 0 Å². The minimum atomic E-state index is -0.943. The summed E-state index contributed by atoms with van der Waals surface area (Å²) in [5, 5.41) is 9.24. The van der Waals surface area contributed by atoms with Crippen molar-refractivity contribution in [2.75, 3.05) is 13.2 Å². The first-order valence-electron chi connectivity index (χ1n) is 10.5. The molecular formula is C27H26O4. The molecule has 0 aromatic heterocycles. The number of carbonyl (C=O) groups is 1. The summed E-state index contributed by atoms with van der Waals surface area (Å²) >= 11 is 0. The van der Waals surface area contributed by atoms with Crippen molar-refractivity contribution >= 4 is 11.5 Å². The lowest BCUT2D eigenvalue weighted by Crippen LogP contribution is -2.26. The molecule has 0 amide bonds. The van der Waals surface area contributed by atoms with Crippen molar-refractivity contribution in [1.29, 1.82) is 0 Å². The van der Waals surface area contributed by atoms with Crippen molar-refractivity contribution in [3.05, 3.63) is 95.1 Å². The number of hydrogen-bond donors (Lipinski definition) is 1. The van der Waals surface area contributed by atoms with Crippen LogP contribution in [0, 0.1) is 6.92 Å². The smallest absolute Gasteiger partial charge is 0.333 e. The number of rotatable bonds is 8. The Morgan fingerprint density at radius 3 is 2.39 bits per heavy atom. The first-order chi connectivity index (χ1) is 15.1. The van der Waals surface area contributed by atoms with Gasteiger partial charge in [-0.15, -0.1) is 0 Å². The van der Waals surface area contributed by atoms with Gasteiger partial charge in [0.2, 0.25) is 0 Å². The average Bonchev–Trinajstić information content (AvgIpc) is 3.07. The zero-order valence-corrected chi connectivity index (χ0v) is 17.8. The molecule has 158 valence electrons. The molecule has 0 fully saturated rings. The van der Waals surface area contributed by atoms with Crippen LogP contribution in [0.4, 0.5) is 0 Å². The quantitative estimate of drug-likeness (QED) is 0.413. The first-order valence-corrected chi connectivity index (χ1v) is 10.5. The lowest BCUT2D eigenvalue weighted by molar-refractivity contribution is -0.149. The summed E-state index contributed by atoms with van der Waals surface area (Å²) in [4.78, 5) is 11.3. The van der Waals surface area contributed by atoms with Gasteiger partial charge in [-0.3, -0.25) is 0 Å². The van der Waals surface area contributed by atoms with Crippen molar-refractivity contribution < 1.29 is 19.4 Å². The third-order valence-electron chi connectivity index (χ3n) is 5.50. The molecule has 0 bridgehead atoms. The zero-order valence-electron chi connectivity index (χ0n) is 17.8. The fraction of sp³-hybridized carbons (Fsp3) is 0.222. The van der Waals surface area contributed by atoms with Crippen LogP contribution in [-0.2, 0) is 16.0 Å². The summed E-state index contributed by atoms with van der Waals surface area (Å²) in [5.41, 5.74) is 8.34. The normalized spacial score (nSPS) is 14.2. The van der Waals surface area contributed by atoms with E-state index in [0.717, 1.165) is 11.3 Å². The van der Waals surface area contributed by atoms with E-state index < -0.39 is 12.1 Å². The van der Waals surface area contributed by atoms with Crippen molar-refractivity contribution in [3.63, 3.8) is 0 Å². The molecule has 1 aliphatic rings. The topological polar surface area (TPSA) is 55.8 Å². The number of fused-ring (bicyclic) bond motifs is 3. The predicted octanol–water partition coefficient (Wildman–Crippen LogP) is 5.52. The Morgan fingerprint density at radius 1 is 0.968 bits per heavy atom. The molecule has 31 heavy (non-hydrogen) atoms. The Bertz CT molecular complexity index is 1110. The standard InChI is InChI=1S/C27H26O4/c1-3-30-26(27(28)29)17-19-9-11-20(12-10-19)31-15-14-24-22-7-5-4-6-21(22)23-13-8-18(2)16-25(23)24/h4-14,16,26H,3,15,17H2,1-2H3,(H,28,29)/b24-14+. The molecule has 4 rings (SSSR count).